The highest BCUT2D eigenvalue weighted by atomic mass is 16.2. The van der Waals surface area contributed by atoms with E-state index in [1.807, 2.05) is 54.7 Å². The fourth-order valence-electron chi connectivity index (χ4n) is 3.12. The molecule has 1 atom stereocenters. The number of aromatic amines is 1. The monoisotopic (exact) mass is 372 g/mol. The first-order chi connectivity index (χ1) is 13.6. The van der Waals surface area contributed by atoms with Crippen LogP contribution in [-0.2, 0) is 11.2 Å². The minimum absolute atomic E-state index is 0.220. The summed E-state index contributed by atoms with van der Waals surface area (Å²) in [5.41, 5.74) is 16.1. The Morgan fingerprint density at radius 2 is 1.89 bits per heavy atom. The number of nitrogen functional groups attached to an aromatic ring is 1. The fraction of sp³-hybridized carbons (Fsp3) is 0.0952. The fourth-order valence-corrected chi connectivity index (χ4v) is 3.12. The highest BCUT2D eigenvalue weighted by Gasteiger charge is 2.16. The Balaban J connectivity index is 1.43. The number of nitrogens with one attached hydrogen (secondary N) is 2. The van der Waals surface area contributed by atoms with Crippen molar-refractivity contribution in [2.75, 3.05) is 11.1 Å². The van der Waals surface area contributed by atoms with Gasteiger partial charge in [-0.2, -0.15) is 0 Å². The maximum absolute atomic E-state index is 12.5. The number of rotatable bonds is 5. The lowest BCUT2D eigenvalue weighted by Crippen LogP contribution is -2.37. The van der Waals surface area contributed by atoms with Gasteiger partial charge in [-0.3, -0.25) is 4.79 Å². The third kappa shape index (κ3) is 3.70. The summed E-state index contributed by atoms with van der Waals surface area (Å²) in [4.78, 5) is 23.8. The predicted octanol–water partition coefficient (Wildman–Crippen LogP) is 2.72. The van der Waals surface area contributed by atoms with Gasteiger partial charge in [0.2, 0.25) is 11.9 Å². The standard InChI is InChI=1S/C21H20N6O/c22-17(11-14-12-25-19-4-2-1-3-16(14)19)20(28)26-15-7-5-13(6-8-15)18-9-10-24-21(23)27-18/h1-10,12,17,25H,11,22H2,(H,26,28)(H2,23,24,27)/t17-/m0/s1. The zero-order chi connectivity index (χ0) is 19.5. The Morgan fingerprint density at radius 1 is 1.11 bits per heavy atom. The lowest BCUT2D eigenvalue weighted by molar-refractivity contribution is -0.117. The molecule has 140 valence electrons. The third-order valence-electron chi connectivity index (χ3n) is 4.57. The molecule has 4 rings (SSSR count). The second-order valence-corrected chi connectivity index (χ2v) is 6.54. The molecule has 28 heavy (non-hydrogen) atoms. The lowest BCUT2D eigenvalue weighted by Gasteiger charge is -2.12. The maximum Gasteiger partial charge on any atom is 0.241 e. The van der Waals surface area contributed by atoms with E-state index in [2.05, 4.69) is 20.3 Å². The van der Waals surface area contributed by atoms with E-state index in [9.17, 15) is 4.79 Å². The molecule has 0 fully saturated rings. The Labute approximate surface area is 161 Å². The Hall–Kier alpha value is -3.71. The van der Waals surface area contributed by atoms with Gasteiger partial charge >= 0.3 is 0 Å². The van der Waals surface area contributed by atoms with Crippen molar-refractivity contribution in [3.8, 4) is 11.3 Å². The summed E-state index contributed by atoms with van der Waals surface area (Å²) >= 11 is 0. The first kappa shape index (κ1) is 17.7. The number of nitrogens with zero attached hydrogens (tertiary/aromatic N) is 2. The van der Waals surface area contributed by atoms with Crippen LogP contribution >= 0.6 is 0 Å². The number of aromatic nitrogens is 3. The molecule has 1 amide bonds. The molecule has 2 aromatic heterocycles. The van der Waals surface area contributed by atoms with Crippen molar-refractivity contribution in [3.63, 3.8) is 0 Å². The Morgan fingerprint density at radius 3 is 2.68 bits per heavy atom. The van der Waals surface area contributed by atoms with Gasteiger partial charge in [-0.15, -0.1) is 0 Å². The molecule has 7 nitrogen and oxygen atoms in total. The Kier molecular flexibility index (Phi) is 4.74. The number of amides is 1. The van der Waals surface area contributed by atoms with Crippen LogP contribution in [0.5, 0.6) is 0 Å². The number of benzene rings is 2. The van der Waals surface area contributed by atoms with Crippen LogP contribution < -0.4 is 16.8 Å². The van der Waals surface area contributed by atoms with Gasteiger partial charge in [-0.25, -0.2) is 9.97 Å². The molecule has 2 heterocycles. The van der Waals surface area contributed by atoms with E-state index in [1.54, 1.807) is 12.3 Å². The van der Waals surface area contributed by atoms with E-state index < -0.39 is 6.04 Å². The molecular formula is C21H20N6O. The number of para-hydroxylation sites is 1. The molecule has 6 N–H and O–H groups in total. The van der Waals surface area contributed by atoms with Crippen molar-refractivity contribution < 1.29 is 4.79 Å². The van der Waals surface area contributed by atoms with Crippen LogP contribution in [0.3, 0.4) is 0 Å². The van der Waals surface area contributed by atoms with Crippen LogP contribution in [0.25, 0.3) is 22.2 Å². The minimum Gasteiger partial charge on any atom is -0.368 e. The summed E-state index contributed by atoms with van der Waals surface area (Å²) in [5.74, 6) is -0.0116. The third-order valence-corrected chi connectivity index (χ3v) is 4.57. The van der Waals surface area contributed by atoms with Gasteiger partial charge in [-0.1, -0.05) is 30.3 Å². The summed E-state index contributed by atoms with van der Waals surface area (Å²) in [6, 6.07) is 16.4. The molecule has 0 saturated carbocycles. The first-order valence-corrected chi connectivity index (χ1v) is 8.90. The van der Waals surface area contributed by atoms with Crippen molar-refractivity contribution in [1.29, 1.82) is 0 Å². The number of fused-ring (bicyclic) bond motifs is 1. The normalized spacial score (nSPS) is 12.0. The molecule has 0 saturated heterocycles. The van der Waals surface area contributed by atoms with E-state index >= 15 is 0 Å². The number of carbonyl (C=O) groups is 1. The number of carbonyl (C=O) groups excluding carboxylic acids is 1. The minimum atomic E-state index is -0.652. The summed E-state index contributed by atoms with van der Waals surface area (Å²) < 4.78 is 0. The number of hydrogen-bond acceptors (Lipinski definition) is 5. The van der Waals surface area contributed by atoms with Crippen LogP contribution in [0, 0.1) is 0 Å². The quantitative estimate of drug-likeness (QED) is 0.429. The van der Waals surface area contributed by atoms with Crippen LogP contribution in [0.2, 0.25) is 0 Å². The number of hydrogen-bond donors (Lipinski definition) is 4. The smallest absolute Gasteiger partial charge is 0.241 e. The number of nitrogens with two attached hydrogens (primary N) is 2. The molecule has 0 spiro atoms. The van der Waals surface area contributed by atoms with E-state index in [-0.39, 0.29) is 11.9 Å². The van der Waals surface area contributed by atoms with Crippen molar-refractivity contribution in [2.45, 2.75) is 12.5 Å². The molecule has 0 aliphatic heterocycles. The topological polar surface area (TPSA) is 123 Å². The summed E-state index contributed by atoms with van der Waals surface area (Å²) in [5, 5.41) is 3.94. The molecule has 0 bridgehead atoms. The van der Waals surface area contributed by atoms with E-state index in [4.69, 9.17) is 11.5 Å². The van der Waals surface area contributed by atoms with Crippen molar-refractivity contribution >= 4 is 28.4 Å². The second kappa shape index (κ2) is 7.50. The SMILES string of the molecule is Nc1nccc(-c2ccc(NC(=O)[C@@H](N)Cc3c[nH]c4ccccc34)cc2)n1. The van der Waals surface area contributed by atoms with Crippen molar-refractivity contribution in [3.05, 3.63) is 72.6 Å². The molecule has 0 aliphatic carbocycles. The van der Waals surface area contributed by atoms with Crippen LogP contribution in [-0.4, -0.2) is 26.9 Å². The van der Waals surface area contributed by atoms with Gasteiger partial charge < -0.3 is 21.8 Å². The van der Waals surface area contributed by atoms with E-state index in [0.717, 1.165) is 27.7 Å². The van der Waals surface area contributed by atoms with Gasteiger partial charge in [0.25, 0.3) is 0 Å². The van der Waals surface area contributed by atoms with E-state index in [0.29, 0.717) is 12.1 Å². The van der Waals surface area contributed by atoms with Crippen LogP contribution in [0.4, 0.5) is 11.6 Å². The summed E-state index contributed by atoms with van der Waals surface area (Å²) in [6.45, 7) is 0. The first-order valence-electron chi connectivity index (χ1n) is 8.90. The molecule has 4 aromatic rings. The lowest BCUT2D eigenvalue weighted by atomic mass is 10.0. The largest absolute Gasteiger partial charge is 0.368 e. The average Bonchev–Trinajstić information content (AvgIpc) is 3.11. The second-order valence-electron chi connectivity index (χ2n) is 6.54. The van der Waals surface area contributed by atoms with Crippen molar-refractivity contribution in [2.24, 2.45) is 5.73 Å². The molecule has 0 radical (unpaired) electrons. The zero-order valence-electron chi connectivity index (χ0n) is 15.1. The molecule has 7 heteroatoms. The highest BCUT2D eigenvalue weighted by Crippen LogP contribution is 2.21. The Bertz CT molecular complexity index is 1120. The van der Waals surface area contributed by atoms with Gasteiger partial charge in [0.15, 0.2) is 0 Å². The summed E-state index contributed by atoms with van der Waals surface area (Å²) in [7, 11) is 0. The van der Waals surface area contributed by atoms with Gasteiger partial charge in [0.05, 0.1) is 11.7 Å². The maximum atomic E-state index is 12.5. The average molecular weight is 372 g/mol. The van der Waals surface area contributed by atoms with Gasteiger partial charge in [0.1, 0.15) is 0 Å². The predicted molar refractivity (Wildman–Crippen MR) is 110 cm³/mol. The highest BCUT2D eigenvalue weighted by molar-refractivity contribution is 5.95. The molecular weight excluding hydrogens is 352 g/mol. The zero-order valence-corrected chi connectivity index (χ0v) is 15.1. The van der Waals surface area contributed by atoms with E-state index in [1.165, 1.54) is 0 Å². The number of anilines is 2. The molecule has 0 unspecified atom stereocenters. The van der Waals surface area contributed by atoms with Crippen LogP contribution in [0.1, 0.15) is 5.56 Å². The molecule has 0 aliphatic rings. The van der Waals surface area contributed by atoms with Crippen LogP contribution in [0.15, 0.2) is 67.0 Å². The summed E-state index contributed by atoms with van der Waals surface area (Å²) in [6.07, 6.45) is 3.96. The number of H-pyrrole nitrogens is 1. The van der Waals surface area contributed by atoms with Crippen molar-refractivity contribution in [1.82, 2.24) is 15.0 Å². The molecule has 2 aromatic carbocycles. The van der Waals surface area contributed by atoms with Gasteiger partial charge in [0, 0.05) is 34.5 Å². The van der Waals surface area contributed by atoms with Gasteiger partial charge in [-0.05, 0) is 36.2 Å².